The summed E-state index contributed by atoms with van der Waals surface area (Å²) in [6, 6.07) is 11.6. The Morgan fingerprint density at radius 1 is 1.10 bits per heavy atom. The van der Waals surface area contributed by atoms with Gasteiger partial charge in [0.1, 0.15) is 5.75 Å². The first-order chi connectivity index (χ1) is 14.9. The van der Waals surface area contributed by atoms with E-state index >= 15 is 0 Å². The molecule has 0 unspecified atom stereocenters. The quantitative estimate of drug-likeness (QED) is 0.556. The number of nitrogens with zero attached hydrogens (tertiary/aromatic N) is 2. The standard InChI is InChI=1S/C23H27BrN2O5/c1-3-30-23(29)16-8-10-26(11-9-16)21(27)14-25(2)22(28)15-31-20-7-5-17-12-19(24)6-4-18(17)13-20/h4-7,12-13,16H,3,8-11,14-15H2,1-2H3. The lowest BCUT2D eigenvalue weighted by Gasteiger charge is -2.32. The number of rotatable bonds is 7. The number of carbonyl (C=O) groups excluding carboxylic acids is 3. The van der Waals surface area contributed by atoms with E-state index in [9.17, 15) is 14.4 Å². The summed E-state index contributed by atoms with van der Waals surface area (Å²) in [5.74, 6) is -0.149. The lowest BCUT2D eigenvalue weighted by atomic mass is 9.97. The molecule has 0 spiro atoms. The Morgan fingerprint density at radius 2 is 1.77 bits per heavy atom. The smallest absolute Gasteiger partial charge is 0.309 e. The molecule has 0 N–H and O–H groups in total. The van der Waals surface area contributed by atoms with E-state index in [0.29, 0.717) is 38.3 Å². The van der Waals surface area contributed by atoms with E-state index in [4.69, 9.17) is 9.47 Å². The number of likely N-dealkylation sites (tertiary alicyclic amines) is 1. The molecule has 2 aromatic rings. The Morgan fingerprint density at radius 3 is 2.48 bits per heavy atom. The highest BCUT2D eigenvalue weighted by molar-refractivity contribution is 9.10. The number of halogens is 1. The fourth-order valence-corrected chi connectivity index (χ4v) is 3.93. The molecule has 0 aliphatic carbocycles. The molecule has 7 nitrogen and oxygen atoms in total. The molecule has 0 radical (unpaired) electrons. The van der Waals surface area contributed by atoms with Crippen molar-refractivity contribution in [3.05, 3.63) is 40.9 Å². The third-order valence-electron chi connectivity index (χ3n) is 5.40. The number of carbonyl (C=O) groups is 3. The van der Waals surface area contributed by atoms with E-state index in [1.807, 2.05) is 36.4 Å². The fourth-order valence-electron chi connectivity index (χ4n) is 3.56. The molecule has 0 atom stereocenters. The van der Waals surface area contributed by atoms with E-state index in [1.54, 1.807) is 18.9 Å². The van der Waals surface area contributed by atoms with Crippen molar-refractivity contribution in [3.63, 3.8) is 0 Å². The van der Waals surface area contributed by atoms with Crippen LogP contribution in [0.4, 0.5) is 0 Å². The summed E-state index contributed by atoms with van der Waals surface area (Å²) < 4.78 is 11.7. The van der Waals surface area contributed by atoms with Crippen molar-refractivity contribution in [3.8, 4) is 5.75 Å². The number of fused-ring (bicyclic) bond motifs is 1. The molecule has 31 heavy (non-hydrogen) atoms. The van der Waals surface area contributed by atoms with Gasteiger partial charge in [-0.25, -0.2) is 0 Å². The van der Waals surface area contributed by atoms with Crippen LogP contribution in [0.5, 0.6) is 5.75 Å². The predicted octanol–water partition coefficient (Wildman–Crippen LogP) is 3.24. The van der Waals surface area contributed by atoms with Gasteiger partial charge in [-0.2, -0.15) is 0 Å². The van der Waals surface area contributed by atoms with E-state index in [2.05, 4.69) is 15.9 Å². The molecule has 1 aliphatic heterocycles. The minimum absolute atomic E-state index is 0.0159. The van der Waals surface area contributed by atoms with Crippen molar-refractivity contribution in [1.82, 2.24) is 9.80 Å². The molecule has 8 heteroatoms. The van der Waals surface area contributed by atoms with Gasteiger partial charge in [-0.15, -0.1) is 0 Å². The van der Waals surface area contributed by atoms with Gasteiger partial charge in [0.15, 0.2) is 6.61 Å². The fraction of sp³-hybridized carbons (Fsp3) is 0.435. The van der Waals surface area contributed by atoms with Gasteiger partial charge in [0.2, 0.25) is 5.91 Å². The zero-order chi connectivity index (χ0) is 22.4. The Bertz CT molecular complexity index is 956. The second-order valence-corrected chi connectivity index (χ2v) is 8.51. The average Bonchev–Trinajstić information content (AvgIpc) is 2.77. The van der Waals surface area contributed by atoms with Crippen LogP contribution in [0.1, 0.15) is 19.8 Å². The van der Waals surface area contributed by atoms with Crippen LogP contribution in [0.15, 0.2) is 40.9 Å². The van der Waals surface area contributed by atoms with Crippen LogP contribution in [0, 0.1) is 5.92 Å². The minimum Gasteiger partial charge on any atom is -0.484 e. The average molecular weight is 491 g/mol. The Hall–Kier alpha value is -2.61. The molecule has 1 heterocycles. The van der Waals surface area contributed by atoms with E-state index < -0.39 is 0 Å². The van der Waals surface area contributed by atoms with Crippen LogP contribution >= 0.6 is 15.9 Å². The Balaban J connectivity index is 1.45. The zero-order valence-corrected chi connectivity index (χ0v) is 19.4. The summed E-state index contributed by atoms with van der Waals surface area (Å²) >= 11 is 3.45. The molecule has 1 fully saturated rings. The van der Waals surface area contributed by atoms with Crippen molar-refractivity contribution >= 4 is 44.5 Å². The molecule has 2 amide bonds. The van der Waals surface area contributed by atoms with Crippen LogP contribution in [0.25, 0.3) is 10.8 Å². The molecule has 1 saturated heterocycles. The highest BCUT2D eigenvalue weighted by atomic mass is 79.9. The number of amides is 2. The van der Waals surface area contributed by atoms with E-state index in [-0.39, 0.29) is 36.9 Å². The molecular formula is C23H27BrN2O5. The summed E-state index contributed by atoms with van der Waals surface area (Å²) in [7, 11) is 1.59. The molecular weight excluding hydrogens is 464 g/mol. The highest BCUT2D eigenvalue weighted by Gasteiger charge is 2.29. The number of hydrogen-bond donors (Lipinski definition) is 0. The van der Waals surface area contributed by atoms with Gasteiger partial charge in [0.05, 0.1) is 19.1 Å². The third-order valence-corrected chi connectivity index (χ3v) is 5.90. The topological polar surface area (TPSA) is 76.2 Å². The predicted molar refractivity (Wildman–Crippen MR) is 121 cm³/mol. The Kier molecular flexibility index (Phi) is 7.90. The monoisotopic (exact) mass is 490 g/mol. The van der Waals surface area contributed by atoms with Gasteiger partial charge in [-0.3, -0.25) is 14.4 Å². The SMILES string of the molecule is CCOC(=O)C1CCN(C(=O)CN(C)C(=O)COc2ccc3cc(Br)ccc3c2)CC1. The molecule has 0 aromatic heterocycles. The number of benzene rings is 2. The van der Waals surface area contributed by atoms with Crippen molar-refractivity contribution in [1.29, 1.82) is 0 Å². The van der Waals surface area contributed by atoms with Gasteiger partial charge in [-0.1, -0.05) is 28.1 Å². The lowest BCUT2D eigenvalue weighted by Crippen LogP contribution is -2.46. The van der Waals surface area contributed by atoms with Crippen LogP contribution in [0.2, 0.25) is 0 Å². The van der Waals surface area contributed by atoms with Crippen LogP contribution < -0.4 is 4.74 Å². The van der Waals surface area contributed by atoms with Crippen molar-refractivity contribution in [2.24, 2.45) is 5.92 Å². The lowest BCUT2D eigenvalue weighted by molar-refractivity contribution is -0.151. The second kappa shape index (κ2) is 10.6. The number of esters is 1. The van der Waals surface area contributed by atoms with Gasteiger partial charge >= 0.3 is 5.97 Å². The molecule has 2 aromatic carbocycles. The summed E-state index contributed by atoms with van der Waals surface area (Å²) in [5.41, 5.74) is 0. The Labute approximate surface area is 190 Å². The maximum absolute atomic E-state index is 12.5. The highest BCUT2D eigenvalue weighted by Crippen LogP contribution is 2.24. The van der Waals surface area contributed by atoms with Crippen LogP contribution in [-0.2, 0) is 19.1 Å². The second-order valence-electron chi connectivity index (χ2n) is 7.60. The van der Waals surface area contributed by atoms with Gasteiger partial charge in [-0.05, 0) is 54.8 Å². The van der Waals surface area contributed by atoms with Crippen molar-refractivity contribution < 1.29 is 23.9 Å². The summed E-state index contributed by atoms with van der Waals surface area (Å²) in [6.07, 6.45) is 1.17. The number of likely N-dealkylation sites (N-methyl/N-ethyl adjacent to an activating group) is 1. The molecule has 0 bridgehead atoms. The molecule has 1 aliphatic rings. The first-order valence-electron chi connectivity index (χ1n) is 10.4. The largest absolute Gasteiger partial charge is 0.484 e. The summed E-state index contributed by atoms with van der Waals surface area (Å²) in [5, 5.41) is 2.09. The van der Waals surface area contributed by atoms with Crippen molar-refractivity contribution in [2.75, 3.05) is 39.9 Å². The molecule has 0 saturated carbocycles. The molecule has 166 valence electrons. The first kappa shape index (κ1) is 23.1. The van der Waals surface area contributed by atoms with Gasteiger partial charge in [0.25, 0.3) is 5.91 Å². The first-order valence-corrected chi connectivity index (χ1v) is 11.2. The minimum atomic E-state index is -0.273. The number of hydrogen-bond acceptors (Lipinski definition) is 5. The third kappa shape index (κ3) is 6.19. The maximum Gasteiger partial charge on any atom is 0.309 e. The van der Waals surface area contributed by atoms with E-state index in [1.165, 1.54) is 4.90 Å². The van der Waals surface area contributed by atoms with Crippen LogP contribution in [-0.4, -0.2) is 67.5 Å². The number of ether oxygens (including phenoxy) is 2. The normalized spacial score (nSPS) is 14.4. The number of piperidine rings is 1. The maximum atomic E-state index is 12.5. The summed E-state index contributed by atoms with van der Waals surface area (Å²) in [4.78, 5) is 39.8. The summed E-state index contributed by atoms with van der Waals surface area (Å²) in [6.45, 7) is 2.98. The zero-order valence-electron chi connectivity index (χ0n) is 17.8. The van der Waals surface area contributed by atoms with Crippen molar-refractivity contribution in [2.45, 2.75) is 19.8 Å². The molecule has 3 rings (SSSR count). The van der Waals surface area contributed by atoms with Crippen LogP contribution in [0.3, 0.4) is 0 Å². The van der Waals surface area contributed by atoms with Gasteiger partial charge < -0.3 is 19.3 Å². The van der Waals surface area contributed by atoms with E-state index in [0.717, 1.165) is 15.2 Å². The van der Waals surface area contributed by atoms with Gasteiger partial charge in [0, 0.05) is 24.6 Å².